The number of carbonyl (C=O) groups is 2. The predicted molar refractivity (Wildman–Crippen MR) is 89.8 cm³/mol. The summed E-state index contributed by atoms with van der Waals surface area (Å²) in [6.45, 7) is 4.62. The topological polar surface area (TPSA) is 52.7 Å². The minimum absolute atomic E-state index is 0.00632. The molecule has 0 atom stereocenters. The summed E-state index contributed by atoms with van der Waals surface area (Å²) in [4.78, 5) is 27.8. The van der Waals surface area contributed by atoms with Crippen molar-refractivity contribution in [2.24, 2.45) is 0 Å². The van der Waals surface area contributed by atoms with Crippen molar-refractivity contribution in [2.45, 2.75) is 25.8 Å². The first-order valence-corrected chi connectivity index (χ1v) is 8.32. The summed E-state index contributed by atoms with van der Waals surface area (Å²) < 4.78 is 13.0. The average Bonchev–Trinajstić information content (AvgIpc) is 3.01. The number of piperidine rings is 1. The summed E-state index contributed by atoms with van der Waals surface area (Å²) >= 11 is 0. The number of rotatable bonds is 3. The number of hydrogen-bond donors (Lipinski definition) is 1. The molecule has 6 heteroatoms. The number of halogens is 1. The lowest BCUT2D eigenvalue weighted by Gasteiger charge is -2.35. The lowest BCUT2D eigenvalue weighted by atomic mass is 10.0. The molecule has 0 aromatic heterocycles. The molecule has 128 valence electrons. The first-order chi connectivity index (χ1) is 11.5. The van der Waals surface area contributed by atoms with E-state index in [1.807, 2.05) is 16.7 Å². The molecule has 0 unspecified atom stereocenters. The molecule has 2 heterocycles. The summed E-state index contributed by atoms with van der Waals surface area (Å²) in [5.74, 6) is -0.313. The molecule has 1 aromatic carbocycles. The Bertz CT molecular complexity index is 649. The van der Waals surface area contributed by atoms with Crippen LogP contribution < -0.4 is 5.32 Å². The zero-order chi connectivity index (χ0) is 17.1. The molecule has 1 aromatic rings. The number of benzene rings is 1. The summed E-state index contributed by atoms with van der Waals surface area (Å²) in [7, 11) is 0. The van der Waals surface area contributed by atoms with E-state index < -0.39 is 0 Å². The number of nitrogens with zero attached hydrogens (tertiary/aromatic N) is 2. The van der Waals surface area contributed by atoms with Crippen LogP contribution in [0.15, 0.2) is 30.3 Å². The Morgan fingerprint density at radius 1 is 1.21 bits per heavy atom. The zero-order valence-corrected chi connectivity index (χ0v) is 13.8. The van der Waals surface area contributed by atoms with E-state index in [4.69, 9.17) is 0 Å². The lowest BCUT2D eigenvalue weighted by molar-refractivity contribution is -0.127. The summed E-state index contributed by atoms with van der Waals surface area (Å²) in [5, 5.41) is 2.82. The molecule has 2 saturated heterocycles. The molecule has 0 aliphatic carbocycles. The first kappa shape index (κ1) is 16.5. The molecule has 5 nitrogen and oxygen atoms in total. The molecular weight excluding hydrogens is 309 g/mol. The number of amides is 3. The van der Waals surface area contributed by atoms with Crippen LogP contribution in [0.25, 0.3) is 5.57 Å². The Morgan fingerprint density at radius 2 is 1.88 bits per heavy atom. The van der Waals surface area contributed by atoms with Gasteiger partial charge in [0, 0.05) is 38.3 Å². The normalized spacial score (nSPS) is 19.6. The maximum absolute atomic E-state index is 13.0. The number of hydrogen-bond acceptors (Lipinski definition) is 2. The number of carbonyl (C=O) groups excluding carboxylic acids is 2. The maximum Gasteiger partial charge on any atom is 0.317 e. The van der Waals surface area contributed by atoms with Crippen molar-refractivity contribution in [3.63, 3.8) is 0 Å². The van der Waals surface area contributed by atoms with Crippen molar-refractivity contribution < 1.29 is 14.0 Å². The van der Waals surface area contributed by atoms with Gasteiger partial charge in [0.25, 0.3) is 0 Å². The number of likely N-dealkylation sites (tertiary alicyclic amines) is 1. The number of urea groups is 1. The van der Waals surface area contributed by atoms with E-state index in [-0.39, 0.29) is 23.8 Å². The Morgan fingerprint density at radius 3 is 2.46 bits per heavy atom. The van der Waals surface area contributed by atoms with Gasteiger partial charge in [-0.3, -0.25) is 4.79 Å². The zero-order valence-electron chi connectivity index (χ0n) is 13.8. The molecule has 3 amide bonds. The average molecular weight is 331 g/mol. The van der Waals surface area contributed by atoms with Crippen molar-refractivity contribution in [1.29, 1.82) is 0 Å². The van der Waals surface area contributed by atoms with Crippen LogP contribution in [0.2, 0.25) is 0 Å². The van der Waals surface area contributed by atoms with Crippen molar-refractivity contribution in [1.82, 2.24) is 15.1 Å². The maximum atomic E-state index is 13.0. The minimum Gasteiger partial charge on any atom is -0.339 e. The van der Waals surface area contributed by atoms with Crippen LogP contribution >= 0.6 is 0 Å². The first-order valence-electron chi connectivity index (χ1n) is 8.32. The van der Waals surface area contributed by atoms with E-state index in [1.165, 1.54) is 12.1 Å². The van der Waals surface area contributed by atoms with E-state index in [0.717, 1.165) is 30.5 Å². The largest absolute Gasteiger partial charge is 0.339 e. The van der Waals surface area contributed by atoms with E-state index >= 15 is 0 Å². The fourth-order valence-electron chi connectivity index (χ4n) is 3.31. The van der Waals surface area contributed by atoms with Gasteiger partial charge in [0.15, 0.2) is 0 Å². The standard InChI is InChI=1S/C18H22FN3O2/c1-13(14-2-4-15(19)5-3-14)12-17(23)21-9-6-16(7-10-21)22-11-8-20-18(22)24/h2-5,12,16H,6-11H2,1H3,(H,20,24)/b13-12+. The highest BCUT2D eigenvalue weighted by atomic mass is 19.1. The van der Waals surface area contributed by atoms with Crippen molar-refractivity contribution in [3.8, 4) is 0 Å². The Hall–Kier alpha value is -2.37. The van der Waals surface area contributed by atoms with Gasteiger partial charge >= 0.3 is 6.03 Å². The molecule has 24 heavy (non-hydrogen) atoms. The highest BCUT2D eigenvalue weighted by Gasteiger charge is 2.31. The highest BCUT2D eigenvalue weighted by molar-refractivity contribution is 5.94. The van der Waals surface area contributed by atoms with Gasteiger partial charge in [0.1, 0.15) is 5.82 Å². The van der Waals surface area contributed by atoms with Gasteiger partial charge in [0.2, 0.25) is 5.91 Å². The third kappa shape index (κ3) is 3.58. The van der Waals surface area contributed by atoms with Gasteiger partial charge in [-0.25, -0.2) is 9.18 Å². The minimum atomic E-state index is -0.286. The van der Waals surface area contributed by atoms with Crippen molar-refractivity contribution in [2.75, 3.05) is 26.2 Å². The fraction of sp³-hybridized carbons (Fsp3) is 0.444. The van der Waals surface area contributed by atoms with E-state index in [0.29, 0.717) is 19.6 Å². The van der Waals surface area contributed by atoms with Crippen molar-refractivity contribution >= 4 is 17.5 Å². The lowest BCUT2D eigenvalue weighted by Crippen LogP contribution is -2.47. The van der Waals surface area contributed by atoms with Gasteiger partial charge < -0.3 is 15.1 Å². The third-order valence-corrected chi connectivity index (χ3v) is 4.75. The molecule has 0 saturated carbocycles. The monoisotopic (exact) mass is 331 g/mol. The van der Waals surface area contributed by atoms with Crippen LogP contribution in [0, 0.1) is 5.82 Å². The van der Waals surface area contributed by atoms with Crippen LogP contribution in [-0.4, -0.2) is 54.0 Å². The molecule has 2 fully saturated rings. The van der Waals surface area contributed by atoms with Gasteiger partial charge in [-0.1, -0.05) is 12.1 Å². The Labute approximate surface area is 141 Å². The van der Waals surface area contributed by atoms with Crippen LogP contribution in [0.3, 0.4) is 0 Å². The van der Waals surface area contributed by atoms with E-state index in [1.54, 1.807) is 18.2 Å². The van der Waals surface area contributed by atoms with Crippen LogP contribution in [0.1, 0.15) is 25.3 Å². The molecule has 2 aliphatic rings. The molecule has 1 N–H and O–H groups in total. The Kier molecular flexibility index (Phi) is 4.83. The summed E-state index contributed by atoms with van der Waals surface area (Å²) in [5.41, 5.74) is 1.66. The predicted octanol–water partition coefficient (Wildman–Crippen LogP) is 2.25. The molecule has 0 bridgehead atoms. The van der Waals surface area contributed by atoms with Gasteiger partial charge in [-0.2, -0.15) is 0 Å². The van der Waals surface area contributed by atoms with E-state index in [9.17, 15) is 14.0 Å². The van der Waals surface area contributed by atoms with Crippen molar-refractivity contribution in [3.05, 3.63) is 41.7 Å². The van der Waals surface area contributed by atoms with Crippen LogP contribution in [0.4, 0.5) is 9.18 Å². The molecule has 3 rings (SSSR count). The second kappa shape index (κ2) is 7.03. The third-order valence-electron chi connectivity index (χ3n) is 4.75. The van der Waals surface area contributed by atoms with Crippen LogP contribution in [0.5, 0.6) is 0 Å². The summed E-state index contributed by atoms with van der Waals surface area (Å²) in [6, 6.07) is 6.36. The number of nitrogens with one attached hydrogen (secondary N) is 1. The van der Waals surface area contributed by atoms with E-state index in [2.05, 4.69) is 5.32 Å². The highest BCUT2D eigenvalue weighted by Crippen LogP contribution is 2.20. The molecule has 0 spiro atoms. The number of allylic oxidation sites excluding steroid dienone is 1. The Balaban J connectivity index is 1.57. The fourth-order valence-corrected chi connectivity index (χ4v) is 3.31. The molecule has 0 radical (unpaired) electrons. The SMILES string of the molecule is C/C(=C\C(=O)N1CCC(N2CCNC2=O)CC1)c1ccc(F)cc1. The second-order valence-corrected chi connectivity index (χ2v) is 6.32. The smallest absolute Gasteiger partial charge is 0.317 e. The quantitative estimate of drug-likeness (QED) is 0.864. The van der Waals surface area contributed by atoms with Gasteiger partial charge in [0.05, 0.1) is 0 Å². The van der Waals surface area contributed by atoms with Crippen LogP contribution in [-0.2, 0) is 4.79 Å². The summed E-state index contributed by atoms with van der Waals surface area (Å²) in [6.07, 6.45) is 3.22. The second-order valence-electron chi connectivity index (χ2n) is 6.32. The molecule has 2 aliphatic heterocycles. The molecular formula is C18H22FN3O2. The van der Waals surface area contributed by atoms with Gasteiger partial charge in [-0.05, 0) is 43.0 Å². The van der Waals surface area contributed by atoms with Gasteiger partial charge in [-0.15, -0.1) is 0 Å².